The van der Waals surface area contributed by atoms with Gasteiger partial charge in [0.2, 0.25) is 0 Å². The molecule has 3 rings (SSSR count). The van der Waals surface area contributed by atoms with E-state index in [2.05, 4.69) is 21.2 Å². The van der Waals surface area contributed by atoms with Gasteiger partial charge in [-0.1, -0.05) is 35.6 Å². The fourth-order valence-corrected chi connectivity index (χ4v) is 3.08. The molecule has 2 aromatic carbocycles. The molecule has 0 aliphatic rings. The van der Waals surface area contributed by atoms with Crippen LogP contribution in [0.2, 0.25) is 0 Å². The summed E-state index contributed by atoms with van der Waals surface area (Å²) in [6.07, 6.45) is 0. The second-order valence-electron chi connectivity index (χ2n) is 5.28. The number of fused-ring (bicyclic) bond motifs is 1. The summed E-state index contributed by atoms with van der Waals surface area (Å²) >= 11 is 1.43. The van der Waals surface area contributed by atoms with Gasteiger partial charge in [0, 0.05) is 0 Å². The van der Waals surface area contributed by atoms with E-state index in [1.54, 1.807) is 6.92 Å². The van der Waals surface area contributed by atoms with Crippen molar-refractivity contribution in [3.05, 3.63) is 59.9 Å². The normalized spacial score (nSPS) is 11.8. The number of nitrogens with zero attached hydrogens (tertiary/aromatic N) is 1. The number of anilines is 1. The number of rotatable bonds is 4. The van der Waals surface area contributed by atoms with Crippen LogP contribution in [0, 0.1) is 5.82 Å². The summed E-state index contributed by atoms with van der Waals surface area (Å²) in [4.78, 5) is 28.3. The van der Waals surface area contributed by atoms with E-state index >= 15 is 0 Å². The summed E-state index contributed by atoms with van der Waals surface area (Å²) in [6, 6.07) is 12.5. The smallest absolute Gasteiger partial charge is 0.272 e. The summed E-state index contributed by atoms with van der Waals surface area (Å²) in [5, 5.41) is 3.58. The topological polar surface area (TPSA) is 83.1 Å². The van der Waals surface area contributed by atoms with Crippen LogP contribution in [0.5, 0.6) is 0 Å². The molecule has 128 valence electrons. The number of benzene rings is 2. The van der Waals surface area contributed by atoms with Crippen LogP contribution < -0.4 is 16.2 Å². The molecule has 6 nitrogen and oxygen atoms in total. The highest BCUT2D eigenvalue weighted by atomic mass is 32.1. The first-order valence-electron chi connectivity index (χ1n) is 7.51. The standard InChI is InChI=1S/C17H15FN4O2S/c1-10(19-17-20-13-8-4-5-9-14(13)25-17)15(23)21-22-16(24)11-6-2-3-7-12(11)18/h2-10H,1H3,(H,19,20)(H,21,23)(H,22,24)/t10-/m1/s1. The van der Waals surface area contributed by atoms with Crippen molar-refractivity contribution in [2.24, 2.45) is 0 Å². The van der Waals surface area contributed by atoms with Gasteiger partial charge in [0.05, 0.1) is 15.8 Å². The van der Waals surface area contributed by atoms with Gasteiger partial charge in [-0.2, -0.15) is 0 Å². The third kappa shape index (κ3) is 3.92. The Balaban J connectivity index is 1.57. The van der Waals surface area contributed by atoms with Crippen LogP contribution in [0.3, 0.4) is 0 Å². The fraction of sp³-hybridized carbons (Fsp3) is 0.118. The minimum absolute atomic E-state index is 0.144. The first-order valence-corrected chi connectivity index (χ1v) is 8.33. The van der Waals surface area contributed by atoms with Crippen molar-refractivity contribution >= 4 is 38.5 Å². The molecule has 0 spiro atoms. The number of aromatic nitrogens is 1. The van der Waals surface area contributed by atoms with Crippen LogP contribution in [-0.4, -0.2) is 22.8 Å². The number of para-hydroxylation sites is 1. The lowest BCUT2D eigenvalue weighted by Crippen LogP contribution is -2.47. The quantitative estimate of drug-likeness (QED) is 0.626. The summed E-state index contributed by atoms with van der Waals surface area (Å²) in [5.74, 6) is -1.85. The summed E-state index contributed by atoms with van der Waals surface area (Å²) in [6.45, 7) is 1.64. The monoisotopic (exact) mass is 358 g/mol. The van der Waals surface area contributed by atoms with Crippen LogP contribution in [-0.2, 0) is 4.79 Å². The van der Waals surface area contributed by atoms with Crippen LogP contribution in [0.1, 0.15) is 17.3 Å². The van der Waals surface area contributed by atoms with Crippen LogP contribution in [0.25, 0.3) is 10.2 Å². The van der Waals surface area contributed by atoms with E-state index in [9.17, 15) is 14.0 Å². The molecule has 3 N–H and O–H groups in total. The number of halogens is 1. The van der Waals surface area contributed by atoms with Crippen molar-refractivity contribution in [2.75, 3.05) is 5.32 Å². The Labute approximate surface area is 147 Å². The second-order valence-corrected chi connectivity index (χ2v) is 6.31. The van der Waals surface area contributed by atoms with Gasteiger partial charge in [-0.25, -0.2) is 9.37 Å². The zero-order valence-corrected chi connectivity index (χ0v) is 14.1. The zero-order chi connectivity index (χ0) is 17.8. The lowest BCUT2D eigenvalue weighted by Gasteiger charge is -2.14. The van der Waals surface area contributed by atoms with Gasteiger partial charge in [0.25, 0.3) is 11.8 Å². The molecule has 0 saturated heterocycles. The first kappa shape index (κ1) is 16.8. The molecule has 0 unspecified atom stereocenters. The first-order chi connectivity index (χ1) is 12.0. The van der Waals surface area contributed by atoms with E-state index in [0.717, 1.165) is 10.2 Å². The Morgan fingerprint density at radius 1 is 1.08 bits per heavy atom. The average molecular weight is 358 g/mol. The van der Waals surface area contributed by atoms with Crippen molar-refractivity contribution < 1.29 is 14.0 Å². The number of hydrogen-bond donors (Lipinski definition) is 3. The Kier molecular flexibility index (Phi) is 4.90. The molecule has 0 bridgehead atoms. The summed E-state index contributed by atoms with van der Waals surface area (Å²) in [7, 11) is 0. The molecular weight excluding hydrogens is 343 g/mol. The lowest BCUT2D eigenvalue weighted by molar-refractivity contribution is -0.122. The number of nitrogens with one attached hydrogen (secondary N) is 3. The van der Waals surface area contributed by atoms with Crippen molar-refractivity contribution in [1.82, 2.24) is 15.8 Å². The molecule has 0 saturated carbocycles. The highest BCUT2D eigenvalue weighted by Crippen LogP contribution is 2.25. The highest BCUT2D eigenvalue weighted by Gasteiger charge is 2.17. The number of carbonyl (C=O) groups excluding carboxylic acids is 2. The molecule has 25 heavy (non-hydrogen) atoms. The SMILES string of the molecule is C[C@@H](Nc1nc2ccccc2s1)C(=O)NNC(=O)c1ccccc1F. The molecular formula is C17H15FN4O2S. The Hall–Kier alpha value is -3.00. The molecule has 0 aliphatic carbocycles. The number of amides is 2. The number of hydrogen-bond acceptors (Lipinski definition) is 5. The van der Waals surface area contributed by atoms with E-state index in [0.29, 0.717) is 5.13 Å². The number of thiazole rings is 1. The maximum atomic E-state index is 13.5. The molecule has 1 heterocycles. The van der Waals surface area contributed by atoms with Gasteiger partial charge in [-0.05, 0) is 31.2 Å². The predicted molar refractivity (Wildman–Crippen MR) is 94.7 cm³/mol. The van der Waals surface area contributed by atoms with Gasteiger partial charge in [-0.3, -0.25) is 20.4 Å². The van der Waals surface area contributed by atoms with Crippen molar-refractivity contribution in [3.63, 3.8) is 0 Å². The molecule has 0 aliphatic heterocycles. The van der Waals surface area contributed by atoms with Crippen molar-refractivity contribution in [1.29, 1.82) is 0 Å². The minimum Gasteiger partial charge on any atom is -0.350 e. The van der Waals surface area contributed by atoms with Crippen LogP contribution >= 0.6 is 11.3 Å². The molecule has 3 aromatic rings. The Bertz CT molecular complexity index is 895. The van der Waals surface area contributed by atoms with Crippen LogP contribution in [0.15, 0.2) is 48.5 Å². The van der Waals surface area contributed by atoms with E-state index in [1.165, 1.54) is 35.6 Å². The Morgan fingerprint density at radius 2 is 1.80 bits per heavy atom. The summed E-state index contributed by atoms with van der Waals surface area (Å²) in [5.41, 5.74) is 5.17. The molecule has 1 aromatic heterocycles. The predicted octanol–water partition coefficient (Wildman–Crippen LogP) is 2.70. The third-order valence-corrected chi connectivity index (χ3v) is 4.41. The van der Waals surface area contributed by atoms with Crippen molar-refractivity contribution in [3.8, 4) is 0 Å². The van der Waals surface area contributed by atoms with Gasteiger partial charge in [0.1, 0.15) is 11.9 Å². The highest BCUT2D eigenvalue weighted by molar-refractivity contribution is 7.22. The van der Waals surface area contributed by atoms with Gasteiger partial charge < -0.3 is 5.32 Å². The Morgan fingerprint density at radius 3 is 2.56 bits per heavy atom. The van der Waals surface area contributed by atoms with E-state index in [-0.39, 0.29) is 5.56 Å². The maximum Gasteiger partial charge on any atom is 0.272 e. The molecule has 0 radical (unpaired) electrons. The van der Waals surface area contributed by atoms with Gasteiger partial charge >= 0.3 is 0 Å². The molecule has 2 amide bonds. The minimum atomic E-state index is -0.723. The van der Waals surface area contributed by atoms with Crippen molar-refractivity contribution in [2.45, 2.75) is 13.0 Å². The summed E-state index contributed by atoms with van der Waals surface area (Å²) < 4.78 is 14.5. The fourth-order valence-electron chi connectivity index (χ4n) is 2.12. The molecule has 0 fully saturated rings. The average Bonchev–Trinajstić information content (AvgIpc) is 3.01. The van der Waals surface area contributed by atoms with Crippen LogP contribution in [0.4, 0.5) is 9.52 Å². The lowest BCUT2D eigenvalue weighted by atomic mass is 10.2. The van der Waals surface area contributed by atoms with Gasteiger partial charge in [0.15, 0.2) is 5.13 Å². The second kappa shape index (κ2) is 7.27. The third-order valence-electron chi connectivity index (χ3n) is 3.44. The van der Waals surface area contributed by atoms with E-state index in [4.69, 9.17) is 0 Å². The zero-order valence-electron chi connectivity index (χ0n) is 13.2. The molecule has 1 atom stereocenters. The van der Waals surface area contributed by atoms with E-state index < -0.39 is 23.7 Å². The largest absolute Gasteiger partial charge is 0.350 e. The molecule has 8 heteroatoms. The number of hydrazine groups is 1. The maximum absolute atomic E-state index is 13.5. The number of carbonyl (C=O) groups is 2. The van der Waals surface area contributed by atoms with Gasteiger partial charge in [-0.15, -0.1) is 0 Å². The van der Waals surface area contributed by atoms with E-state index in [1.807, 2.05) is 24.3 Å².